The summed E-state index contributed by atoms with van der Waals surface area (Å²) in [5.41, 5.74) is -2.75. The van der Waals surface area contributed by atoms with Crippen molar-refractivity contribution in [3.8, 4) is 0 Å². The van der Waals surface area contributed by atoms with Crippen molar-refractivity contribution in [1.82, 2.24) is 5.32 Å². The van der Waals surface area contributed by atoms with Gasteiger partial charge in [-0.2, -0.15) is 0 Å². The Morgan fingerprint density at radius 2 is 2.28 bits per heavy atom. The Morgan fingerprint density at radius 1 is 1.61 bits per heavy atom. The first-order chi connectivity index (χ1) is 8.45. The number of carbonyl (C=O) groups excluding carboxylic acids is 2. The van der Waals surface area contributed by atoms with Gasteiger partial charge >= 0.3 is 5.97 Å². The molecule has 2 fully saturated rings. The third-order valence-corrected chi connectivity index (χ3v) is 4.00. The van der Waals surface area contributed by atoms with Gasteiger partial charge in [0.25, 0.3) is 0 Å². The van der Waals surface area contributed by atoms with Crippen molar-refractivity contribution in [1.29, 1.82) is 0 Å². The third kappa shape index (κ3) is 1.41. The van der Waals surface area contributed by atoms with Gasteiger partial charge in [0.2, 0.25) is 5.91 Å². The summed E-state index contributed by atoms with van der Waals surface area (Å²) in [6.45, 7) is 1.02. The number of ether oxygens (including phenoxy) is 3. The Balaban J connectivity index is 2.44. The van der Waals surface area contributed by atoms with E-state index in [9.17, 15) is 14.7 Å². The number of aliphatic hydroxyl groups excluding tert-OH is 1. The highest BCUT2D eigenvalue weighted by Crippen LogP contribution is 2.48. The zero-order valence-corrected chi connectivity index (χ0v) is 10.6. The topological polar surface area (TPSA) is 94.1 Å². The molecule has 2 rings (SSSR count). The van der Waals surface area contributed by atoms with Crippen molar-refractivity contribution in [2.24, 2.45) is 5.92 Å². The van der Waals surface area contributed by atoms with E-state index in [-0.39, 0.29) is 5.91 Å². The molecule has 0 spiro atoms. The van der Waals surface area contributed by atoms with Crippen molar-refractivity contribution in [3.63, 3.8) is 0 Å². The number of hydrogen-bond acceptors (Lipinski definition) is 6. The maximum Gasteiger partial charge on any atom is 0.337 e. The number of aliphatic hydroxyl groups is 1. The van der Waals surface area contributed by atoms with Gasteiger partial charge in [0.05, 0.1) is 19.6 Å². The molecule has 0 bridgehead atoms. The third-order valence-electron chi connectivity index (χ3n) is 4.00. The van der Waals surface area contributed by atoms with Crippen LogP contribution < -0.4 is 5.32 Å². The van der Waals surface area contributed by atoms with E-state index in [1.54, 1.807) is 6.92 Å². The molecule has 4 atom stereocenters. The highest BCUT2D eigenvalue weighted by molar-refractivity contribution is 5.96. The van der Waals surface area contributed by atoms with E-state index in [0.717, 1.165) is 0 Å². The van der Waals surface area contributed by atoms with Gasteiger partial charge in [-0.15, -0.1) is 0 Å². The number of fused-ring (bicyclic) bond motifs is 1. The predicted molar refractivity (Wildman–Crippen MR) is 58.4 cm³/mol. The van der Waals surface area contributed by atoms with Crippen molar-refractivity contribution in [2.45, 2.75) is 30.8 Å². The highest BCUT2D eigenvalue weighted by Gasteiger charge is 2.71. The number of methoxy groups -OCH3 is 2. The summed E-state index contributed by atoms with van der Waals surface area (Å²) >= 11 is 0. The van der Waals surface area contributed by atoms with Gasteiger partial charge in [0.15, 0.2) is 11.8 Å². The number of carbonyl (C=O) groups is 2. The normalized spacial score (nSPS) is 42.6. The molecule has 2 heterocycles. The molecule has 18 heavy (non-hydrogen) atoms. The average Bonchev–Trinajstić information content (AvgIpc) is 2.81. The van der Waals surface area contributed by atoms with E-state index >= 15 is 0 Å². The zero-order chi connectivity index (χ0) is 13.6. The van der Waals surface area contributed by atoms with Crippen LogP contribution in [-0.4, -0.2) is 55.2 Å². The molecular weight excluding hydrogens is 242 g/mol. The lowest BCUT2D eigenvalue weighted by atomic mass is 9.77. The summed E-state index contributed by atoms with van der Waals surface area (Å²) in [5.74, 6) is -1.61. The summed E-state index contributed by atoms with van der Waals surface area (Å²) in [6.07, 6.45) is -0.223. The maximum atomic E-state index is 12.0. The van der Waals surface area contributed by atoms with Gasteiger partial charge in [-0.05, 0) is 6.92 Å². The van der Waals surface area contributed by atoms with Crippen molar-refractivity contribution >= 4 is 11.9 Å². The lowest BCUT2D eigenvalue weighted by Crippen LogP contribution is -2.65. The summed E-state index contributed by atoms with van der Waals surface area (Å²) in [5, 5.41) is 12.1. The van der Waals surface area contributed by atoms with Crippen molar-refractivity contribution < 1.29 is 28.9 Å². The number of amides is 1. The Bertz CT molecular complexity index is 386. The van der Waals surface area contributed by atoms with Gasteiger partial charge in [-0.25, -0.2) is 4.79 Å². The molecule has 0 aromatic heterocycles. The van der Waals surface area contributed by atoms with Gasteiger partial charge in [0, 0.05) is 13.5 Å². The van der Waals surface area contributed by atoms with Gasteiger partial charge < -0.3 is 24.6 Å². The van der Waals surface area contributed by atoms with Crippen LogP contribution in [0, 0.1) is 5.92 Å². The zero-order valence-electron chi connectivity index (χ0n) is 10.6. The molecule has 7 nitrogen and oxygen atoms in total. The van der Waals surface area contributed by atoms with Crippen LogP contribution in [0.15, 0.2) is 0 Å². The highest BCUT2D eigenvalue weighted by atomic mass is 16.7. The molecule has 1 unspecified atom stereocenters. The first-order valence-electron chi connectivity index (χ1n) is 5.67. The number of rotatable bonds is 3. The van der Waals surface area contributed by atoms with Crippen LogP contribution in [0.2, 0.25) is 0 Å². The largest absolute Gasteiger partial charge is 0.467 e. The molecule has 2 N–H and O–H groups in total. The monoisotopic (exact) mass is 259 g/mol. The molecule has 0 aromatic rings. The average molecular weight is 259 g/mol. The lowest BCUT2D eigenvalue weighted by molar-refractivity contribution is -0.192. The second-order valence-electron chi connectivity index (χ2n) is 4.72. The Morgan fingerprint density at radius 3 is 2.78 bits per heavy atom. The minimum atomic E-state index is -1.57. The molecule has 0 aliphatic carbocycles. The molecular formula is C11H17NO6. The first-order valence-corrected chi connectivity index (χ1v) is 5.67. The van der Waals surface area contributed by atoms with E-state index in [0.29, 0.717) is 6.42 Å². The summed E-state index contributed by atoms with van der Waals surface area (Å²) in [7, 11) is 2.66. The van der Waals surface area contributed by atoms with Crippen LogP contribution in [0.1, 0.15) is 13.3 Å². The minimum absolute atomic E-state index is 0.337. The second-order valence-corrected chi connectivity index (χ2v) is 4.72. The Kier molecular flexibility index (Phi) is 3.08. The smallest absolute Gasteiger partial charge is 0.337 e. The number of hydrogen-bond donors (Lipinski definition) is 2. The van der Waals surface area contributed by atoms with E-state index in [1.165, 1.54) is 14.2 Å². The fraction of sp³-hybridized carbons (Fsp3) is 0.818. The minimum Gasteiger partial charge on any atom is -0.467 e. The molecule has 0 aromatic carbocycles. The summed E-state index contributed by atoms with van der Waals surface area (Å²) in [4.78, 5) is 23.9. The molecule has 2 aliphatic rings. The fourth-order valence-corrected chi connectivity index (χ4v) is 2.83. The van der Waals surface area contributed by atoms with Crippen LogP contribution in [0.5, 0.6) is 0 Å². The van der Waals surface area contributed by atoms with Crippen LogP contribution in [0.4, 0.5) is 0 Å². The Labute approximate surface area is 104 Å². The quantitative estimate of drug-likeness (QED) is 0.617. The van der Waals surface area contributed by atoms with Crippen molar-refractivity contribution in [3.05, 3.63) is 0 Å². The molecule has 0 radical (unpaired) electrons. The Hall–Kier alpha value is -1.18. The van der Waals surface area contributed by atoms with E-state index < -0.39 is 35.9 Å². The van der Waals surface area contributed by atoms with Crippen LogP contribution in [0.3, 0.4) is 0 Å². The SMILES string of the molecule is COC(=O)[C@]1(CO)NC(=O)C2C[C@H](OC)O[C@@]21C. The van der Waals surface area contributed by atoms with Gasteiger partial charge in [-0.1, -0.05) is 0 Å². The van der Waals surface area contributed by atoms with E-state index in [4.69, 9.17) is 9.47 Å². The molecule has 7 heteroatoms. The predicted octanol–water partition coefficient (Wildman–Crippen LogP) is -1.21. The van der Waals surface area contributed by atoms with Crippen LogP contribution in [-0.2, 0) is 23.8 Å². The first kappa shape index (κ1) is 13.3. The summed E-state index contributed by atoms with van der Waals surface area (Å²) < 4.78 is 15.4. The van der Waals surface area contributed by atoms with Crippen LogP contribution >= 0.6 is 0 Å². The maximum absolute atomic E-state index is 12.0. The molecule has 2 saturated heterocycles. The summed E-state index contributed by atoms with van der Waals surface area (Å²) in [6, 6.07) is 0. The molecule has 0 saturated carbocycles. The fourth-order valence-electron chi connectivity index (χ4n) is 2.83. The standard InChI is InChI=1S/C11H17NO6/c1-10-6(4-7(16-2)18-10)8(14)12-11(10,5-13)9(15)17-3/h6-7,13H,4-5H2,1-3H3,(H,12,14)/t6?,7-,10+,11+/m1/s1. The molecule has 1 amide bonds. The molecule has 102 valence electrons. The lowest BCUT2D eigenvalue weighted by Gasteiger charge is -2.37. The van der Waals surface area contributed by atoms with Gasteiger partial charge in [0.1, 0.15) is 5.60 Å². The second kappa shape index (κ2) is 4.18. The van der Waals surface area contributed by atoms with E-state index in [1.807, 2.05) is 0 Å². The van der Waals surface area contributed by atoms with Crippen molar-refractivity contribution in [2.75, 3.05) is 20.8 Å². The number of esters is 1. The molecule has 2 aliphatic heterocycles. The number of nitrogens with one attached hydrogen (secondary N) is 1. The van der Waals surface area contributed by atoms with Crippen LogP contribution in [0.25, 0.3) is 0 Å². The van der Waals surface area contributed by atoms with Gasteiger partial charge in [-0.3, -0.25) is 4.79 Å². The van der Waals surface area contributed by atoms with E-state index in [2.05, 4.69) is 10.1 Å².